The average molecular weight is 144 g/mol. The van der Waals surface area contributed by atoms with E-state index in [1.165, 1.54) is 0 Å². The lowest BCUT2D eigenvalue weighted by molar-refractivity contribution is -0.139. The molecule has 0 bridgehead atoms. The summed E-state index contributed by atoms with van der Waals surface area (Å²) in [4.78, 5) is 10.4. The third-order valence-corrected chi connectivity index (χ3v) is 2.13. The van der Waals surface area contributed by atoms with E-state index in [-0.39, 0.29) is 17.9 Å². The summed E-state index contributed by atoms with van der Waals surface area (Å²) in [5.74, 6) is -0.712. The highest BCUT2D eigenvalue weighted by Crippen LogP contribution is 2.43. The van der Waals surface area contributed by atoms with Gasteiger partial charge in [0.15, 0.2) is 0 Å². The third-order valence-electron chi connectivity index (χ3n) is 2.13. The van der Waals surface area contributed by atoms with Crippen LogP contribution in [0.25, 0.3) is 0 Å². The van der Waals surface area contributed by atoms with Crippen molar-refractivity contribution in [1.82, 2.24) is 0 Å². The summed E-state index contributed by atoms with van der Waals surface area (Å²) in [7, 11) is 1.57. The van der Waals surface area contributed by atoms with Crippen LogP contribution in [-0.2, 0) is 9.53 Å². The number of carboxylic acids is 1. The van der Waals surface area contributed by atoms with Gasteiger partial charge in [-0.1, -0.05) is 6.92 Å². The van der Waals surface area contributed by atoms with Crippen LogP contribution in [0.5, 0.6) is 0 Å². The summed E-state index contributed by atoms with van der Waals surface area (Å²) in [6.45, 7) is 1.99. The zero-order valence-electron chi connectivity index (χ0n) is 6.20. The van der Waals surface area contributed by atoms with Crippen molar-refractivity contribution in [2.45, 2.75) is 19.4 Å². The largest absolute Gasteiger partial charge is 0.481 e. The standard InChI is InChI=1S/C7H12O3/c1-3-4-5(7(8)9)6(4)10-2/h4-6H,3H2,1-2H3,(H,8,9)/t4-,5-,6-/m1/s1. The van der Waals surface area contributed by atoms with Crippen molar-refractivity contribution in [2.24, 2.45) is 11.8 Å². The van der Waals surface area contributed by atoms with Gasteiger partial charge < -0.3 is 9.84 Å². The molecule has 0 unspecified atom stereocenters. The Morgan fingerprint density at radius 2 is 2.30 bits per heavy atom. The van der Waals surface area contributed by atoms with Crippen LogP contribution in [0.15, 0.2) is 0 Å². The molecule has 3 nitrogen and oxygen atoms in total. The summed E-state index contributed by atoms with van der Waals surface area (Å²) in [5.41, 5.74) is 0. The van der Waals surface area contributed by atoms with Gasteiger partial charge in [-0.05, 0) is 6.42 Å². The van der Waals surface area contributed by atoms with Gasteiger partial charge in [0, 0.05) is 13.0 Å². The van der Waals surface area contributed by atoms with Crippen molar-refractivity contribution in [1.29, 1.82) is 0 Å². The van der Waals surface area contributed by atoms with Gasteiger partial charge in [-0.25, -0.2) is 0 Å². The fourth-order valence-electron chi connectivity index (χ4n) is 1.47. The van der Waals surface area contributed by atoms with E-state index in [0.717, 1.165) is 6.42 Å². The molecule has 1 saturated carbocycles. The van der Waals surface area contributed by atoms with Crippen LogP contribution in [0.3, 0.4) is 0 Å². The molecule has 0 heterocycles. The van der Waals surface area contributed by atoms with E-state index >= 15 is 0 Å². The lowest BCUT2D eigenvalue weighted by Crippen LogP contribution is -2.02. The van der Waals surface area contributed by atoms with E-state index in [9.17, 15) is 4.79 Å². The monoisotopic (exact) mass is 144 g/mol. The van der Waals surface area contributed by atoms with Crippen LogP contribution in [0.1, 0.15) is 13.3 Å². The number of hydrogen-bond donors (Lipinski definition) is 1. The van der Waals surface area contributed by atoms with Crippen molar-refractivity contribution >= 4 is 5.97 Å². The molecule has 3 atom stereocenters. The molecule has 0 saturated heterocycles. The van der Waals surface area contributed by atoms with Gasteiger partial charge in [0.2, 0.25) is 0 Å². The first-order chi connectivity index (χ1) is 4.72. The van der Waals surface area contributed by atoms with Crippen LogP contribution in [0, 0.1) is 11.8 Å². The van der Waals surface area contributed by atoms with E-state index in [2.05, 4.69) is 0 Å². The topological polar surface area (TPSA) is 46.5 Å². The van der Waals surface area contributed by atoms with Crippen LogP contribution >= 0.6 is 0 Å². The minimum Gasteiger partial charge on any atom is -0.481 e. The second-order valence-corrected chi connectivity index (χ2v) is 2.64. The maximum atomic E-state index is 10.4. The van der Waals surface area contributed by atoms with Crippen molar-refractivity contribution < 1.29 is 14.6 Å². The Labute approximate surface area is 60.0 Å². The van der Waals surface area contributed by atoms with Gasteiger partial charge in [0.1, 0.15) is 0 Å². The minimum atomic E-state index is -0.723. The molecule has 3 heteroatoms. The summed E-state index contributed by atoms with van der Waals surface area (Å²) in [6.07, 6.45) is 0.873. The normalized spacial score (nSPS) is 37.6. The van der Waals surface area contributed by atoms with Crippen LogP contribution in [-0.4, -0.2) is 24.3 Å². The quantitative estimate of drug-likeness (QED) is 0.635. The highest BCUT2D eigenvalue weighted by Gasteiger charge is 2.54. The summed E-state index contributed by atoms with van der Waals surface area (Å²) in [5, 5.41) is 8.58. The van der Waals surface area contributed by atoms with Gasteiger partial charge >= 0.3 is 5.97 Å². The van der Waals surface area contributed by atoms with Crippen molar-refractivity contribution in [2.75, 3.05) is 7.11 Å². The maximum Gasteiger partial charge on any atom is 0.309 e. The average Bonchev–Trinajstić information content (AvgIpc) is 2.60. The van der Waals surface area contributed by atoms with Crippen LogP contribution < -0.4 is 0 Å². The first kappa shape index (κ1) is 7.54. The number of hydrogen-bond acceptors (Lipinski definition) is 2. The molecule has 1 aliphatic carbocycles. The van der Waals surface area contributed by atoms with Gasteiger partial charge in [0.25, 0.3) is 0 Å². The number of carboxylic acid groups (broad SMARTS) is 1. The highest BCUT2D eigenvalue weighted by molar-refractivity contribution is 5.75. The zero-order valence-corrected chi connectivity index (χ0v) is 6.20. The van der Waals surface area contributed by atoms with Gasteiger partial charge in [-0.2, -0.15) is 0 Å². The number of rotatable bonds is 3. The second-order valence-electron chi connectivity index (χ2n) is 2.64. The van der Waals surface area contributed by atoms with Crippen molar-refractivity contribution in [3.05, 3.63) is 0 Å². The summed E-state index contributed by atoms with van der Waals surface area (Å²) in [6, 6.07) is 0. The molecule has 1 N–H and O–H groups in total. The maximum absolute atomic E-state index is 10.4. The molecule has 0 amide bonds. The molecule has 0 aromatic rings. The Kier molecular flexibility index (Phi) is 1.94. The van der Waals surface area contributed by atoms with Crippen molar-refractivity contribution in [3.63, 3.8) is 0 Å². The van der Waals surface area contributed by atoms with E-state index in [0.29, 0.717) is 0 Å². The molecule has 0 aliphatic heterocycles. The minimum absolute atomic E-state index is 0.0255. The molecular formula is C7H12O3. The van der Waals surface area contributed by atoms with E-state index in [1.807, 2.05) is 6.92 Å². The highest BCUT2D eigenvalue weighted by atomic mass is 16.5. The Hall–Kier alpha value is -0.570. The molecule has 58 valence electrons. The molecule has 0 spiro atoms. The molecule has 0 aromatic carbocycles. The zero-order chi connectivity index (χ0) is 7.72. The van der Waals surface area contributed by atoms with Gasteiger partial charge in [-0.3, -0.25) is 4.79 Å². The van der Waals surface area contributed by atoms with Crippen LogP contribution in [0.2, 0.25) is 0 Å². The van der Waals surface area contributed by atoms with E-state index in [1.54, 1.807) is 7.11 Å². The smallest absolute Gasteiger partial charge is 0.309 e. The Bertz CT molecular complexity index is 134. The molecule has 1 aliphatic rings. The Balaban J connectivity index is 2.44. The van der Waals surface area contributed by atoms with Gasteiger partial charge in [0.05, 0.1) is 12.0 Å². The SMILES string of the molecule is CC[C@H]1[C@@H](OC)[C@@H]1C(=O)O. The number of aliphatic carboxylic acids is 1. The number of ether oxygens (including phenoxy) is 1. The van der Waals surface area contributed by atoms with Crippen LogP contribution in [0.4, 0.5) is 0 Å². The predicted molar refractivity (Wildman–Crippen MR) is 35.7 cm³/mol. The molecule has 1 fully saturated rings. The molecule has 10 heavy (non-hydrogen) atoms. The third kappa shape index (κ3) is 1.01. The molecule has 1 rings (SSSR count). The molecule has 0 radical (unpaired) electrons. The first-order valence-electron chi connectivity index (χ1n) is 3.48. The first-order valence-corrected chi connectivity index (χ1v) is 3.48. The fraction of sp³-hybridized carbons (Fsp3) is 0.857. The number of carbonyl (C=O) groups is 1. The lowest BCUT2D eigenvalue weighted by Gasteiger charge is -1.88. The number of methoxy groups -OCH3 is 1. The Morgan fingerprint density at radius 1 is 1.70 bits per heavy atom. The van der Waals surface area contributed by atoms with E-state index in [4.69, 9.17) is 9.84 Å². The Morgan fingerprint density at radius 3 is 2.40 bits per heavy atom. The summed E-state index contributed by atoms with van der Waals surface area (Å²) >= 11 is 0. The fourth-order valence-corrected chi connectivity index (χ4v) is 1.47. The second kappa shape index (κ2) is 2.58. The van der Waals surface area contributed by atoms with E-state index < -0.39 is 5.97 Å². The van der Waals surface area contributed by atoms with Crippen molar-refractivity contribution in [3.8, 4) is 0 Å². The lowest BCUT2D eigenvalue weighted by atomic mass is 10.3. The summed E-state index contributed by atoms with van der Waals surface area (Å²) < 4.78 is 4.96. The molecular weight excluding hydrogens is 132 g/mol. The van der Waals surface area contributed by atoms with Gasteiger partial charge in [-0.15, -0.1) is 0 Å². The molecule has 0 aromatic heterocycles. The predicted octanol–water partition coefficient (Wildman–Crippen LogP) is 0.742.